The zero-order chi connectivity index (χ0) is 20.4. The highest BCUT2D eigenvalue weighted by Gasteiger charge is 2.18. The Kier molecular flexibility index (Phi) is 5.22. The molecule has 0 aliphatic carbocycles. The van der Waals surface area contributed by atoms with E-state index in [4.69, 9.17) is 10.7 Å². The summed E-state index contributed by atoms with van der Waals surface area (Å²) in [5.74, 6) is 0.481. The van der Waals surface area contributed by atoms with Gasteiger partial charge in [0.2, 0.25) is 18.4 Å². The van der Waals surface area contributed by atoms with E-state index in [0.29, 0.717) is 0 Å². The summed E-state index contributed by atoms with van der Waals surface area (Å²) in [5, 5.41) is 3.55. The number of nitrogens with one attached hydrogen (secondary N) is 1. The van der Waals surface area contributed by atoms with Crippen LogP contribution in [0.1, 0.15) is 5.56 Å². The van der Waals surface area contributed by atoms with Gasteiger partial charge in [-0.15, -0.1) is 11.8 Å². The number of primary amides is 1. The minimum atomic E-state index is -0.392. The summed E-state index contributed by atoms with van der Waals surface area (Å²) in [6, 6.07) is 16.5. The van der Waals surface area contributed by atoms with Gasteiger partial charge in [-0.05, 0) is 36.9 Å². The molecule has 29 heavy (non-hydrogen) atoms. The topological polar surface area (TPSA) is 76.3 Å². The van der Waals surface area contributed by atoms with Crippen LogP contribution in [0, 0.1) is 6.92 Å². The van der Waals surface area contributed by atoms with Crippen LogP contribution < -0.4 is 15.6 Å². The number of aromatic nitrogens is 3. The number of hydrogen-bond acceptors (Lipinski definition) is 4. The first-order chi connectivity index (χ1) is 14.0. The molecule has 0 atom stereocenters. The fourth-order valence-electron chi connectivity index (χ4n) is 3.22. The smallest absolute Gasteiger partial charge is 0.283 e. The number of amides is 1. The monoisotopic (exact) mass is 404 g/mol. The van der Waals surface area contributed by atoms with Gasteiger partial charge in [-0.25, -0.2) is 4.98 Å². The first-order valence-corrected chi connectivity index (χ1v) is 10.4. The van der Waals surface area contributed by atoms with E-state index in [0.717, 1.165) is 34.0 Å². The normalized spacial score (nSPS) is 11.0. The van der Waals surface area contributed by atoms with Crippen molar-refractivity contribution >= 4 is 34.8 Å². The Balaban J connectivity index is 1.86. The molecule has 1 amide bonds. The van der Waals surface area contributed by atoms with Gasteiger partial charge >= 0.3 is 0 Å². The minimum Gasteiger partial charge on any atom is -0.364 e. The molecule has 4 rings (SSSR count). The predicted octanol–water partition coefficient (Wildman–Crippen LogP) is 3.55. The Morgan fingerprint density at radius 2 is 1.97 bits per heavy atom. The number of anilines is 2. The number of nitrogens with zero attached hydrogens (tertiary/aromatic N) is 3. The summed E-state index contributed by atoms with van der Waals surface area (Å²) in [6.07, 6.45) is 7.60. The number of thioether (sulfide) groups is 1. The lowest BCUT2D eigenvalue weighted by atomic mass is 10.1. The number of para-hydroxylation sites is 1. The largest absolute Gasteiger partial charge is 0.364 e. The molecular weight excluding hydrogens is 382 g/mol. The molecule has 2 aromatic carbocycles. The Morgan fingerprint density at radius 1 is 1.21 bits per heavy atom. The van der Waals surface area contributed by atoms with Crippen LogP contribution in [0.5, 0.6) is 0 Å². The summed E-state index contributed by atoms with van der Waals surface area (Å²) in [6.45, 7) is 2.18. The molecule has 0 saturated carbocycles. The quantitative estimate of drug-likeness (QED) is 0.381. The number of benzene rings is 2. The van der Waals surface area contributed by atoms with E-state index in [1.165, 1.54) is 4.90 Å². The third-order valence-electron chi connectivity index (χ3n) is 4.73. The van der Waals surface area contributed by atoms with Crippen LogP contribution in [0.2, 0.25) is 0 Å². The maximum Gasteiger partial charge on any atom is 0.283 e. The van der Waals surface area contributed by atoms with E-state index in [1.807, 2.05) is 41.2 Å². The van der Waals surface area contributed by atoms with Gasteiger partial charge in [0.05, 0.1) is 6.20 Å². The molecule has 7 heteroatoms. The average Bonchev–Trinajstić information content (AvgIpc) is 3.07. The Hall–Kier alpha value is -3.32. The Morgan fingerprint density at radius 3 is 2.66 bits per heavy atom. The summed E-state index contributed by atoms with van der Waals surface area (Å²) in [7, 11) is 0. The second-order valence-electron chi connectivity index (χ2n) is 6.77. The fourth-order valence-corrected chi connectivity index (χ4v) is 3.63. The maximum absolute atomic E-state index is 11.3. The van der Waals surface area contributed by atoms with Crippen molar-refractivity contribution in [2.75, 3.05) is 11.6 Å². The zero-order valence-electron chi connectivity index (χ0n) is 16.3. The molecule has 146 valence electrons. The predicted molar refractivity (Wildman–Crippen MR) is 116 cm³/mol. The number of carbonyl (C=O) groups is 1. The number of fused-ring (bicyclic) bond motifs is 1. The van der Waals surface area contributed by atoms with E-state index >= 15 is 0 Å². The Labute approximate surface area is 173 Å². The van der Waals surface area contributed by atoms with Gasteiger partial charge in [0, 0.05) is 16.1 Å². The zero-order valence-corrected chi connectivity index (χ0v) is 17.1. The van der Waals surface area contributed by atoms with Crippen molar-refractivity contribution in [3.63, 3.8) is 0 Å². The second-order valence-corrected chi connectivity index (χ2v) is 7.65. The molecule has 4 aromatic rings. The van der Waals surface area contributed by atoms with Crippen molar-refractivity contribution in [3.05, 3.63) is 72.7 Å². The molecule has 0 bridgehead atoms. The third-order valence-corrected chi connectivity index (χ3v) is 5.47. The lowest BCUT2D eigenvalue weighted by molar-refractivity contribution is -0.683. The standard InChI is InChI=1S/C22H21N5OS/c1-15-5-3-4-6-18(15)24-22-21(16-7-9-17(29-2)10-8-16)25-20-14-26(13-19(23)28)11-12-27(20)22/h3-12,14H,13H2,1-2H3,(H2,23,28)/p+1. The molecule has 0 spiro atoms. The molecule has 0 fully saturated rings. The van der Waals surface area contributed by atoms with E-state index in [2.05, 4.69) is 48.8 Å². The van der Waals surface area contributed by atoms with Gasteiger partial charge in [-0.3, -0.25) is 9.20 Å². The highest BCUT2D eigenvalue weighted by atomic mass is 32.2. The molecular formula is C22H22N5OS+. The maximum atomic E-state index is 11.3. The number of carbonyl (C=O) groups excluding carboxylic acids is 1. The molecule has 0 saturated heterocycles. The third kappa shape index (κ3) is 3.95. The molecule has 2 heterocycles. The molecule has 0 radical (unpaired) electrons. The molecule has 0 unspecified atom stereocenters. The minimum absolute atomic E-state index is 0.113. The average molecular weight is 405 g/mol. The highest BCUT2D eigenvalue weighted by Crippen LogP contribution is 2.32. The first-order valence-electron chi connectivity index (χ1n) is 9.21. The van der Waals surface area contributed by atoms with E-state index in [1.54, 1.807) is 16.3 Å². The number of nitrogens with two attached hydrogens (primary N) is 1. The lowest BCUT2D eigenvalue weighted by Crippen LogP contribution is -2.40. The van der Waals surface area contributed by atoms with Crippen molar-refractivity contribution in [1.82, 2.24) is 9.38 Å². The second kappa shape index (κ2) is 7.97. The van der Waals surface area contributed by atoms with Crippen LogP contribution >= 0.6 is 11.8 Å². The van der Waals surface area contributed by atoms with Crippen LogP contribution in [0.15, 0.2) is 72.0 Å². The van der Waals surface area contributed by atoms with Gasteiger partial charge in [0.1, 0.15) is 11.5 Å². The van der Waals surface area contributed by atoms with E-state index < -0.39 is 5.91 Å². The van der Waals surface area contributed by atoms with Crippen LogP contribution in [-0.4, -0.2) is 21.5 Å². The van der Waals surface area contributed by atoms with Gasteiger partial charge in [-0.1, -0.05) is 30.3 Å². The molecule has 0 aliphatic heterocycles. The molecule has 2 aromatic heterocycles. The van der Waals surface area contributed by atoms with Gasteiger partial charge in [0.25, 0.3) is 5.91 Å². The summed E-state index contributed by atoms with van der Waals surface area (Å²) < 4.78 is 3.73. The fraction of sp³-hybridized carbons (Fsp3) is 0.136. The summed E-state index contributed by atoms with van der Waals surface area (Å²) in [4.78, 5) is 17.3. The number of rotatable bonds is 6. The molecule has 0 aliphatic rings. The van der Waals surface area contributed by atoms with Crippen molar-refractivity contribution in [2.24, 2.45) is 5.73 Å². The summed E-state index contributed by atoms with van der Waals surface area (Å²) in [5.41, 5.74) is 10.1. The molecule has 6 nitrogen and oxygen atoms in total. The number of hydrogen-bond donors (Lipinski definition) is 2. The van der Waals surface area contributed by atoms with Crippen molar-refractivity contribution in [3.8, 4) is 11.3 Å². The van der Waals surface area contributed by atoms with Crippen molar-refractivity contribution < 1.29 is 9.36 Å². The number of aryl methyl sites for hydroxylation is 1. The van der Waals surface area contributed by atoms with Gasteiger partial charge in [0.15, 0.2) is 6.20 Å². The van der Waals surface area contributed by atoms with Crippen LogP contribution in [0.4, 0.5) is 11.5 Å². The lowest BCUT2D eigenvalue weighted by Gasteiger charge is -2.11. The number of imidazole rings is 1. The molecule has 3 N–H and O–H groups in total. The Bertz CT molecular complexity index is 1180. The van der Waals surface area contributed by atoms with E-state index in [9.17, 15) is 4.79 Å². The van der Waals surface area contributed by atoms with Gasteiger partial charge in [-0.2, -0.15) is 4.57 Å². The van der Waals surface area contributed by atoms with Crippen molar-refractivity contribution in [2.45, 2.75) is 18.4 Å². The SMILES string of the molecule is CSc1ccc(-c2nc3c[n+](CC(N)=O)ccn3c2Nc2ccccc2C)cc1. The van der Waals surface area contributed by atoms with Crippen LogP contribution in [0.25, 0.3) is 16.9 Å². The van der Waals surface area contributed by atoms with Crippen LogP contribution in [0.3, 0.4) is 0 Å². The first kappa shape index (κ1) is 19.0. The van der Waals surface area contributed by atoms with E-state index in [-0.39, 0.29) is 6.54 Å². The van der Waals surface area contributed by atoms with Crippen molar-refractivity contribution in [1.29, 1.82) is 0 Å². The highest BCUT2D eigenvalue weighted by molar-refractivity contribution is 7.98. The van der Waals surface area contributed by atoms with Gasteiger partial charge < -0.3 is 11.1 Å². The van der Waals surface area contributed by atoms with Crippen LogP contribution in [-0.2, 0) is 11.3 Å². The summed E-state index contributed by atoms with van der Waals surface area (Å²) >= 11 is 1.71.